The van der Waals surface area contributed by atoms with E-state index in [1.807, 2.05) is 0 Å². The normalized spacial score (nSPS) is 19.9. The number of amides is 1. The zero-order chi connectivity index (χ0) is 22.1. The van der Waals surface area contributed by atoms with Crippen LogP contribution < -0.4 is 5.32 Å². The van der Waals surface area contributed by atoms with Gasteiger partial charge in [0.1, 0.15) is 5.57 Å². The van der Waals surface area contributed by atoms with Crippen LogP contribution in [-0.4, -0.2) is 36.6 Å². The molecule has 0 bridgehead atoms. The molecule has 3 rings (SSSR count). The molecule has 1 atom stereocenters. The van der Waals surface area contributed by atoms with Crippen molar-refractivity contribution in [2.75, 3.05) is 25.1 Å². The van der Waals surface area contributed by atoms with Crippen molar-refractivity contribution < 1.29 is 32.9 Å². The summed E-state index contributed by atoms with van der Waals surface area (Å²) in [5.41, 5.74) is -3.12. The highest BCUT2D eigenvalue weighted by atomic mass is 31.2. The number of hydrogen-bond donors (Lipinski definition) is 1. The predicted octanol–water partition coefficient (Wildman–Crippen LogP) is 3.25. The second kappa shape index (κ2) is 8.05. The Labute approximate surface area is 171 Å². The van der Waals surface area contributed by atoms with E-state index in [0.29, 0.717) is 0 Å². The number of benzene rings is 1. The van der Waals surface area contributed by atoms with E-state index in [9.17, 15) is 24.3 Å². The van der Waals surface area contributed by atoms with Crippen molar-refractivity contribution in [2.24, 2.45) is 10.2 Å². The Hall–Kier alpha value is -2.95. The Balaban J connectivity index is 2.32. The lowest BCUT2D eigenvalue weighted by Gasteiger charge is -2.22. The van der Waals surface area contributed by atoms with E-state index < -0.39 is 40.9 Å². The Morgan fingerprint density at radius 1 is 1.23 bits per heavy atom. The highest BCUT2D eigenvalue weighted by molar-refractivity contribution is 7.58. The van der Waals surface area contributed by atoms with Crippen LogP contribution in [0.25, 0.3) is 0 Å². The number of anilines is 1. The van der Waals surface area contributed by atoms with Gasteiger partial charge in [0.15, 0.2) is 5.44 Å². The molecule has 1 N–H and O–H groups in total. The Morgan fingerprint density at radius 2 is 1.90 bits per heavy atom. The van der Waals surface area contributed by atoms with Crippen LogP contribution in [0.2, 0.25) is 0 Å². The molecule has 1 amide bonds. The van der Waals surface area contributed by atoms with Crippen molar-refractivity contribution in [1.82, 2.24) is 0 Å². The Bertz CT molecular complexity index is 1030. The number of nitrogens with one attached hydrogen (secondary N) is 1. The number of esters is 1. The zero-order valence-corrected chi connectivity index (χ0v) is 17.3. The third kappa shape index (κ3) is 3.22. The number of non-ortho nitro benzene ring substituents is 1. The average molecular weight is 438 g/mol. The minimum Gasteiger partial charge on any atom is -0.462 e. The second-order valence-corrected chi connectivity index (χ2v) is 8.04. The van der Waals surface area contributed by atoms with E-state index in [4.69, 9.17) is 13.8 Å². The first kappa shape index (κ1) is 21.8. The second-order valence-electron chi connectivity index (χ2n) is 6.10. The highest BCUT2D eigenvalue weighted by Crippen LogP contribution is 2.63. The first-order valence-electron chi connectivity index (χ1n) is 9.10. The van der Waals surface area contributed by atoms with Gasteiger partial charge in [-0.1, -0.05) is 0 Å². The van der Waals surface area contributed by atoms with Crippen LogP contribution >= 0.6 is 7.60 Å². The molecule has 0 radical (unpaired) electrons. The third-order valence-corrected chi connectivity index (χ3v) is 6.43. The number of nitro benzene ring substituents is 1. The smallest absolute Gasteiger partial charge is 0.382 e. The minimum absolute atomic E-state index is 0.0167. The van der Waals surface area contributed by atoms with Gasteiger partial charge in [0.05, 0.1) is 24.7 Å². The van der Waals surface area contributed by atoms with Crippen LogP contribution in [-0.2, 0) is 33.5 Å². The lowest BCUT2D eigenvalue weighted by atomic mass is 9.85. The zero-order valence-electron chi connectivity index (χ0n) is 16.4. The van der Waals surface area contributed by atoms with Crippen molar-refractivity contribution in [2.45, 2.75) is 26.3 Å². The summed E-state index contributed by atoms with van der Waals surface area (Å²) in [6.45, 7) is 4.56. The first-order chi connectivity index (χ1) is 14.2. The molecule has 2 aliphatic rings. The van der Waals surface area contributed by atoms with Crippen LogP contribution in [0.1, 0.15) is 26.3 Å². The van der Waals surface area contributed by atoms with Gasteiger partial charge < -0.3 is 19.1 Å². The number of fused-ring (bicyclic) bond motifs is 2. The fourth-order valence-corrected chi connectivity index (χ4v) is 4.93. The Morgan fingerprint density at radius 3 is 2.47 bits per heavy atom. The van der Waals surface area contributed by atoms with Gasteiger partial charge in [0, 0.05) is 23.4 Å². The lowest BCUT2D eigenvalue weighted by Crippen LogP contribution is -2.37. The van der Waals surface area contributed by atoms with Crippen molar-refractivity contribution in [3.63, 3.8) is 0 Å². The van der Waals surface area contributed by atoms with Crippen LogP contribution in [0.5, 0.6) is 0 Å². The van der Waals surface area contributed by atoms with E-state index in [-0.39, 0.29) is 36.8 Å². The summed E-state index contributed by atoms with van der Waals surface area (Å²) < 4.78 is 29.0. The molecule has 1 unspecified atom stereocenters. The summed E-state index contributed by atoms with van der Waals surface area (Å²) in [4.78, 5) is 36.5. The topological polar surface area (TPSA) is 159 Å². The number of hydrogen-bond acceptors (Lipinski definition) is 10. The fourth-order valence-electron chi connectivity index (χ4n) is 3.25. The molecule has 2 aliphatic heterocycles. The van der Waals surface area contributed by atoms with E-state index >= 15 is 0 Å². The van der Waals surface area contributed by atoms with Gasteiger partial charge in [-0.3, -0.25) is 19.5 Å². The number of carbonyl (C=O) groups excluding carboxylic acids is 2. The number of rotatable bonds is 8. The van der Waals surface area contributed by atoms with Gasteiger partial charge in [-0.15, -0.1) is 5.11 Å². The Kier molecular flexibility index (Phi) is 5.84. The van der Waals surface area contributed by atoms with E-state index in [2.05, 4.69) is 15.5 Å². The maximum absolute atomic E-state index is 13.4. The number of nitrogens with zero attached hydrogens (tertiary/aromatic N) is 3. The number of azo groups is 1. The van der Waals surface area contributed by atoms with Crippen molar-refractivity contribution in [1.29, 1.82) is 0 Å². The molecule has 2 heterocycles. The van der Waals surface area contributed by atoms with E-state index in [1.54, 1.807) is 20.8 Å². The predicted molar refractivity (Wildman–Crippen MR) is 103 cm³/mol. The van der Waals surface area contributed by atoms with Crippen molar-refractivity contribution in [3.05, 3.63) is 44.9 Å². The third-order valence-electron chi connectivity index (χ3n) is 4.40. The molecule has 160 valence electrons. The van der Waals surface area contributed by atoms with Crippen LogP contribution in [0.3, 0.4) is 0 Å². The van der Waals surface area contributed by atoms with Crippen LogP contribution in [0.15, 0.2) is 39.4 Å². The molecule has 13 heteroatoms. The maximum Gasteiger partial charge on any atom is 0.382 e. The molecule has 1 aromatic rings. The molecule has 12 nitrogen and oxygen atoms in total. The van der Waals surface area contributed by atoms with Crippen molar-refractivity contribution in [3.8, 4) is 0 Å². The van der Waals surface area contributed by atoms with E-state index in [0.717, 1.165) is 6.07 Å². The fraction of sp³-hybridized carbons (Fsp3) is 0.412. The molecule has 0 saturated heterocycles. The van der Waals surface area contributed by atoms with Crippen molar-refractivity contribution >= 4 is 30.8 Å². The number of carbonyl (C=O) groups is 2. The standard InChI is InChI=1S/C17H19N4O8P/c1-4-27-15(22)13-14(30(26,28-5-2)29-6-3)19-20-17(13)11-9-10(21(24)25)7-8-12(11)18-16(17)23/h7-9H,4-6H2,1-3H3,(H,18,23). The molecule has 0 aromatic heterocycles. The summed E-state index contributed by atoms with van der Waals surface area (Å²) in [6, 6.07) is 3.63. The van der Waals surface area contributed by atoms with Gasteiger partial charge in [-0.05, 0) is 26.8 Å². The summed E-state index contributed by atoms with van der Waals surface area (Å²) in [5.74, 6) is -1.80. The largest absolute Gasteiger partial charge is 0.462 e. The quantitative estimate of drug-likeness (QED) is 0.280. The SMILES string of the molecule is CCOC(=O)C1=C(P(=O)(OCC)OCC)N=NC12C(=O)Nc1ccc([N+](=O)[O-])cc12. The molecule has 0 fully saturated rings. The van der Waals surface area contributed by atoms with Crippen LogP contribution in [0, 0.1) is 10.1 Å². The minimum atomic E-state index is -4.14. The monoisotopic (exact) mass is 438 g/mol. The summed E-state index contributed by atoms with van der Waals surface area (Å²) in [7, 11) is -4.14. The van der Waals surface area contributed by atoms with E-state index in [1.165, 1.54) is 12.1 Å². The molecular weight excluding hydrogens is 419 g/mol. The van der Waals surface area contributed by atoms with Crippen LogP contribution in [0.4, 0.5) is 11.4 Å². The maximum atomic E-state index is 13.4. The van der Waals surface area contributed by atoms with Gasteiger partial charge >= 0.3 is 13.6 Å². The summed E-state index contributed by atoms with van der Waals surface area (Å²) >= 11 is 0. The number of nitro groups is 1. The summed E-state index contributed by atoms with van der Waals surface area (Å²) in [6.07, 6.45) is 0. The van der Waals surface area contributed by atoms with Gasteiger partial charge in [-0.25, -0.2) is 4.79 Å². The average Bonchev–Trinajstić information content (AvgIpc) is 3.22. The highest BCUT2D eigenvalue weighted by Gasteiger charge is 2.60. The molecule has 1 aromatic carbocycles. The summed E-state index contributed by atoms with van der Waals surface area (Å²) in [5, 5.41) is 21.6. The molecule has 1 spiro atoms. The van der Waals surface area contributed by atoms with Gasteiger partial charge in [-0.2, -0.15) is 5.11 Å². The first-order valence-corrected chi connectivity index (χ1v) is 10.6. The lowest BCUT2D eigenvalue weighted by molar-refractivity contribution is -0.384. The number of ether oxygens (including phenoxy) is 1. The molecule has 30 heavy (non-hydrogen) atoms. The van der Waals surface area contributed by atoms with Gasteiger partial charge in [0.2, 0.25) is 5.54 Å². The molecule has 0 saturated carbocycles. The van der Waals surface area contributed by atoms with Gasteiger partial charge in [0.25, 0.3) is 11.6 Å². The molecule has 0 aliphatic carbocycles. The molecular formula is C17H19N4O8P.